The molecule has 0 bridgehead atoms. The number of amides is 1. The van der Waals surface area contributed by atoms with Gasteiger partial charge >= 0.3 is 0 Å². The number of halogens is 1. The van der Waals surface area contributed by atoms with Gasteiger partial charge in [-0.05, 0) is 62.1 Å². The van der Waals surface area contributed by atoms with E-state index in [9.17, 15) is 4.79 Å². The Balaban J connectivity index is 1.57. The van der Waals surface area contributed by atoms with Crippen LogP contribution in [0.3, 0.4) is 0 Å². The van der Waals surface area contributed by atoms with Crippen molar-refractivity contribution < 1.29 is 9.53 Å². The number of rotatable bonds is 9. The first-order chi connectivity index (χ1) is 14.0. The lowest BCUT2D eigenvalue weighted by atomic mass is 10.1. The summed E-state index contributed by atoms with van der Waals surface area (Å²) in [5.74, 6) is 1.86. The summed E-state index contributed by atoms with van der Waals surface area (Å²) >= 11 is 6.22. The third-order valence-corrected chi connectivity index (χ3v) is 5.51. The normalized spacial score (nSPS) is 11.0. The summed E-state index contributed by atoms with van der Waals surface area (Å²) in [7, 11) is 0. The minimum absolute atomic E-state index is 0.0162. The number of carbonyl (C=O) groups is 1. The molecule has 2 aromatic carbocycles. The molecule has 1 aromatic heterocycles. The van der Waals surface area contributed by atoms with Crippen LogP contribution in [0, 0.1) is 13.8 Å². The predicted molar refractivity (Wildman–Crippen MR) is 118 cm³/mol. The predicted octanol–water partition coefficient (Wildman–Crippen LogP) is 4.84. The third-order valence-electron chi connectivity index (χ3n) is 4.91. The van der Waals surface area contributed by atoms with Crippen molar-refractivity contribution >= 4 is 28.5 Å². The van der Waals surface area contributed by atoms with Gasteiger partial charge in [0.15, 0.2) is 0 Å². The van der Waals surface area contributed by atoms with Crippen LogP contribution in [0.5, 0.6) is 5.75 Å². The molecule has 3 rings (SSSR count). The molecule has 0 spiro atoms. The van der Waals surface area contributed by atoms with Crippen LogP contribution in [0.1, 0.15) is 36.7 Å². The molecule has 6 heteroatoms. The molecule has 0 atom stereocenters. The molecule has 29 heavy (non-hydrogen) atoms. The maximum Gasteiger partial charge on any atom is 0.216 e. The molecule has 0 radical (unpaired) electrons. The highest BCUT2D eigenvalue weighted by molar-refractivity contribution is 6.32. The second kappa shape index (κ2) is 9.79. The number of aromatic nitrogens is 2. The Morgan fingerprint density at radius 2 is 1.90 bits per heavy atom. The molecule has 1 heterocycles. The molecule has 1 amide bonds. The van der Waals surface area contributed by atoms with E-state index < -0.39 is 0 Å². The van der Waals surface area contributed by atoms with Crippen molar-refractivity contribution in [1.29, 1.82) is 0 Å². The number of hydrogen-bond donors (Lipinski definition) is 1. The number of imidazole rings is 1. The topological polar surface area (TPSA) is 56.2 Å². The molecule has 0 unspecified atom stereocenters. The molecular formula is C23H28ClN3O2. The van der Waals surface area contributed by atoms with E-state index in [1.807, 2.05) is 44.2 Å². The summed E-state index contributed by atoms with van der Waals surface area (Å²) < 4.78 is 8.18. The van der Waals surface area contributed by atoms with Crippen molar-refractivity contribution in [3.8, 4) is 5.75 Å². The monoisotopic (exact) mass is 413 g/mol. The maximum absolute atomic E-state index is 11.2. The lowest BCUT2D eigenvalue weighted by molar-refractivity contribution is -0.118. The number of carbonyl (C=O) groups excluding carboxylic acids is 1. The van der Waals surface area contributed by atoms with Crippen molar-refractivity contribution in [2.75, 3.05) is 13.2 Å². The van der Waals surface area contributed by atoms with Crippen LogP contribution >= 0.6 is 11.6 Å². The molecule has 0 aliphatic carbocycles. The van der Waals surface area contributed by atoms with Crippen LogP contribution in [0.2, 0.25) is 5.02 Å². The summed E-state index contributed by atoms with van der Waals surface area (Å²) in [6.45, 7) is 7.65. The highest BCUT2D eigenvalue weighted by Crippen LogP contribution is 2.26. The number of para-hydroxylation sites is 2. The molecule has 154 valence electrons. The Morgan fingerprint density at radius 1 is 1.17 bits per heavy atom. The minimum atomic E-state index is -0.0162. The number of benzene rings is 2. The smallest absolute Gasteiger partial charge is 0.216 e. The van der Waals surface area contributed by atoms with E-state index in [1.54, 1.807) is 0 Å². The number of nitrogens with zero attached hydrogens (tertiary/aromatic N) is 2. The lowest BCUT2D eigenvalue weighted by Gasteiger charge is -2.12. The fourth-order valence-electron chi connectivity index (χ4n) is 3.47. The fourth-order valence-corrected chi connectivity index (χ4v) is 3.58. The first-order valence-corrected chi connectivity index (χ1v) is 10.4. The summed E-state index contributed by atoms with van der Waals surface area (Å²) in [5, 5.41) is 3.65. The van der Waals surface area contributed by atoms with Gasteiger partial charge in [0.05, 0.1) is 17.6 Å². The minimum Gasteiger partial charge on any atom is -0.494 e. The van der Waals surface area contributed by atoms with E-state index in [1.165, 1.54) is 6.92 Å². The van der Waals surface area contributed by atoms with Gasteiger partial charge in [0.2, 0.25) is 5.91 Å². The number of aryl methyl sites for hydroxylation is 3. The zero-order valence-corrected chi connectivity index (χ0v) is 18.1. The molecule has 1 N–H and O–H groups in total. The second-order valence-corrected chi connectivity index (χ2v) is 7.71. The highest BCUT2D eigenvalue weighted by Gasteiger charge is 2.10. The van der Waals surface area contributed by atoms with E-state index in [-0.39, 0.29) is 5.91 Å². The average Bonchev–Trinajstić information content (AvgIpc) is 3.03. The SMILES string of the molecule is CC(=O)NCCc1nc2ccccc2n1CCCCOc1cc(C)c(Cl)c(C)c1. The summed E-state index contributed by atoms with van der Waals surface area (Å²) in [6.07, 6.45) is 2.64. The van der Waals surface area contributed by atoms with Gasteiger partial charge in [-0.2, -0.15) is 0 Å². The van der Waals surface area contributed by atoms with Crippen LogP contribution in [-0.4, -0.2) is 28.6 Å². The molecule has 5 nitrogen and oxygen atoms in total. The Kier molecular flexibility index (Phi) is 7.15. The molecule has 0 aliphatic heterocycles. The number of unbranched alkanes of at least 4 members (excludes halogenated alkanes) is 1. The second-order valence-electron chi connectivity index (χ2n) is 7.33. The first kappa shape index (κ1) is 21.2. The number of fused-ring (bicyclic) bond motifs is 1. The van der Waals surface area contributed by atoms with Crippen LogP contribution in [0.25, 0.3) is 11.0 Å². The Hall–Kier alpha value is -2.53. The van der Waals surface area contributed by atoms with Crippen molar-refractivity contribution in [3.05, 3.63) is 58.4 Å². The van der Waals surface area contributed by atoms with E-state index >= 15 is 0 Å². The van der Waals surface area contributed by atoms with Gasteiger partial charge in [-0.1, -0.05) is 23.7 Å². The zero-order valence-electron chi connectivity index (χ0n) is 17.3. The zero-order chi connectivity index (χ0) is 20.8. The molecule has 0 aliphatic rings. The summed E-state index contributed by atoms with van der Waals surface area (Å²) in [5.41, 5.74) is 4.20. The molecule has 0 saturated heterocycles. The first-order valence-electron chi connectivity index (χ1n) is 10.0. The third kappa shape index (κ3) is 5.51. The number of nitrogens with one attached hydrogen (secondary N) is 1. The average molecular weight is 414 g/mol. The van der Waals surface area contributed by atoms with E-state index in [2.05, 4.69) is 16.0 Å². The largest absolute Gasteiger partial charge is 0.494 e. The molecule has 3 aromatic rings. The van der Waals surface area contributed by atoms with Crippen molar-refractivity contribution in [2.45, 2.75) is 46.6 Å². The standard InChI is InChI=1S/C23H28ClN3O2/c1-16-14-19(15-17(2)23(16)24)29-13-7-6-12-27-21-9-5-4-8-20(21)26-22(27)10-11-25-18(3)28/h4-5,8-9,14-15H,6-7,10-13H2,1-3H3,(H,25,28). The summed E-state index contributed by atoms with van der Waals surface area (Å²) in [4.78, 5) is 15.9. The maximum atomic E-state index is 11.2. The Morgan fingerprint density at radius 3 is 2.62 bits per heavy atom. The molecular weight excluding hydrogens is 386 g/mol. The van der Waals surface area contributed by atoms with Gasteiger partial charge < -0.3 is 14.6 Å². The van der Waals surface area contributed by atoms with Gasteiger partial charge in [-0.25, -0.2) is 4.98 Å². The van der Waals surface area contributed by atoms with Crippen molar-refractivity contribution in [3.63, 3.8) is 0 Å². The quantitative estimate of drug-likeness (QED) is 0.510. The van der Waals surface area contributed by atoms with Gasteiger partial charge in [-0.15, -0.1) is 0 Å². The highest BCUT2D eigenvalue weighted by atomic mass is 35.5. The van der Waals surface area contributed by atoms with Crippen LogP contribution in [0.15, 0.2) is 36.4 Å². The summed E-state index contributed by atoms with van der Waals surface area (Å²) in [6, 6.07) is 12.1. The fraction of sp³-hybridized carbons (Fsp3) is 0.391. The lowest BCUT2D eigenvalue weighted by Crippen LogP contribution is -2.23. The number of hydrogen-bond acceptors (Lipinski definition) is 3. The van der Waals surface area contributed by atoms with Crippen molar-refractivity contribution in [2.24, 2.45) is 0 Å². The van der Waals surface area contributed by atoms with Crippen molar-refractivity contribution in [1.82, 2.24) is 14.9 Å². The van der Waals surface area contributed by atoms with E-state index in [0.717, 1.165) is 58.1 Å². The van der Waals surface area contributed by atoms with Gasteiger partial charge in [0.1, 0.15) is 11.6 Å². The Labute approximate surface area is 177 Å². The van der Waals surface area contributed by atoms with E-state index in [4.69, 9.17) is 21.3 Å². The molecule has 0 saturated carbocycles. The van der Waals surface area contributed by atoms with Gasteiger partial charge in [-0.3, -0.25) is 4.79 Å². The number of ether oxygens (including phenoxy) is 1. The van der Waals surface area contributed by atoms with Crippen LogP contribution in [0.4, 0.5) is 0 Å². The van der Waals surface area contributed by atoms with Gasteiger partial charge in [0.25, 0.3) is 0 Å². The Bertz CT molecular complexity index is 974. The van der Waals surface area contributed by atoms with E-state index in [0.29, 0.717) is 19.6 Å². The van der Waals surface area contributed by atoms with Crippen LogP contribution in [-0.2, 0) is 17.8 Å². The molecule has 0 fully saturated rings. The van der Waals surface area contributed by atoms with Crippen LogP contribution < -0.4 is 10.1 Å². The van der Waals surface area contributed by atoms with Gasteiger partial charge in [0, 0.05) is 31.5 Å².